The maximum atomic E-state index is 12.2. The standard InChI is InChI=1S/C28H24BrClN4O2S/c1-16(2)27(35)32-21-11-10-19(15-20(21)30)34-26(25(33-28(34)37)22-5-3-4-14-31-22)24-13-12-23(36-24)17-6-8-18(29)9-7-17/h3-16,25-26H,1-2H3,(H,32,35)(H,33,37)/t25-,26+/m1/s1. The van der Waals surface area contributed by atoms with Crippen LogP contribution in [-0.4, -0.2) is 16.0 Å². The van der Waals surface area contributed by atoms with Gasteiger partial charge in [-0.05, 0) is 66.8 Å². The Morgan fingerprint density at radius 2 is 1.92 bits per heavy atom. The minimum Gasteiger partial charge on any atom is -0.459 e. The van der Waals surface area contributed by atoms with Crippen molar-refractivity contribution in [1.29, 1.82) is 0 Å². The minimum atomic E-state index is -0.321. The zero-order valence-electron chi connectivity index (χ0n) is 20.1. The molecule has 0 saturated carbocycles. The maximum absolute atomic E-state index is 12.2. The van der Waals surface area contributed by atoms with E-state index in [-0.39, 0.29) is 23.9 Å². The molecule has 0 bridgehead atoms. The number of thiocarbonyl (C=S) groups is 1. The zero-order chi connectivity index (χ0) is 26.1. The lowest BCUT2D eigenvalue weighted by Crippen LogP contribution is -2.29. The van der Waals surface area contributed by atoms with Gasteiger partial charge in [0.05, 0.1) is 22.4 Å². The van der Waals surface area contributed by atoms with Crippen LogP contribution in [0.25, 0.3) is 11.3 Å². The fourth-order valence-corrected chi connectivity index (χ4v) is 5.07. The summed E-state index contributed by atoms with van der Waals surface area (Å²) in [6.45, 7) is 3.67. The third-order valence-electron chi connectivity index (χ3n) is 6.16. The van der Waals surface area contributed by atoms with E-state index in [1.54, 1.807) is 18.3 Å². The summed E-state index contributed by atoms with van der Waals surface area (Å²) in [5.74, 6) is 1.23. The molecule has 1 fully saturated rings. The van der Waals surface area contributed by atoms with Crippen molar-refractivity contribution in [3.05, 3.63) is 99.9 Å². The first kappa shape index (κ1) is 25.4. The number of halogens is 2. The molecule has 1 saturated heterocycles. The zero-order valence-corrected chi connectivity index (χ0v) is 23.3. The van der Waals surface area contributed by atoms with Crippen molar-refractivity contribution in [2.75, 3.05) is 10.2 Å². The number of benzene rings is 2. The van der Waals surface area contributed by atoms with Gasteiger partial charge in [0.25, 0.3) is 0 Å². The van der Waals surface area contributed by atoms with Gasteiger partial charge < -0.3 is 20.0 Å². The second-order valence-electron chi connectivity index (χ2n) is 9.01. The average molecular weight is 596 g/mol. The molecule has 9 heteroatoms. The molecule has 2 atom stereocenters. The number of nitrogens with one attached hydrogen (secondary N) is 2. The normalized spacial score (nSPS) is 17.2. The topological polar surface area (TPSA) is 70.4 Å². The van der Waals surface area contributed by atoms with Crippen LogP contribution in [0.15, 0.2) is 87.9 Å². The van der Waals surface area contributed by atoms with Gasteiger partial charge in [-0.1, -0.05) is 59.6 Å². The van der Waals surface area contributed by atoms with E-state index in [0.717, 1.165) is 32.9 Å². The van der Waals surface area contributed by atoms with Gasteiger partial charge in [-0.3, -0.25) is 9.78 Å². The number of aromatic nitrogens is 1. The molecule has 1 aliphatic heterocycles. The Hall–Kier alpha value is -3.20. The van der Waals surface area contributed by atoms with Gasteiger partial charge in [0, 0.05) is 27.8 Å². The largest absolute Gasteiger partial charge is 0.459 e. The van der Waals surface area contributed by atoms with Gasteiger partial charge in [-0.15, -0.1) is 0 Å². The molecule has 5 rings (SSSR count). The predicted molar refractivity (Wildman–Crippen MR) is 155 cm³/mol. The van der Waals surface area contributed by atoms with E-state index in [2.05, 4.69) is 31.5 Å². The number of hydrogen-bond acceptors (Lipinski definition) is 4. The number of furan rings is 1. The third kappa shape index (κ3) is 5.28. The summed E-state index contributed by atoms with van der Waals surface area (Å²) in [6.07, 6.45) is 1.76. The number of anilines is 2. The van der Waals surface area contributed by atoms with Crippen molar-refractivity contribution >= 4 is 62.1 Å². The Bertz CT molecular complexity index is 1440. The SMILES string of the molecule is CC(C)C(=O)Nc1ccc(N2C(=S)N[C@H](c3ccccn3)[C@@H]2c2ccc(-c3ccc(Br)cc3)o2)cc1Cl. The van der Waals surface area contributed by atoms with Gasteiger partial charge in [0.2, 0.25) is 5.91 Å². The summed E-state index contributed by atoms with van der Waals surface area (Å²) >= 11 is 15.9. The number of hydrogen-bond donors (Lipinski definition) is 2. The van der Waals surface area contributed by atoms with Gasteiger partial charge in [0.1, 0.15) is 17.6 Å². The number of nitrogens with zero attached hydrogens (tertiary/aromatic N) is 2. The Balaban J connectivity index is 1.54. The smallest absolute Gasteiger partial charge is 0.226 e. The Morgan fingerprint density at radius 1 is 1.14 bits per heavy atom. The molecule has 2 aromatic heterocycles. The molecule has 37 heavy (non-hydrogen) atoms. The molecule has 2 N–H and O–H groups in total. The lowest BCUT2D eigenvalue weighted by molar-refractivity contribution is -0.118. The van der Waals surface area contributed by atoms with Gasteiger partial charge in [-0.25, -0.2) is 0 Å². The van der Waals surface area contributed by atoms with Crippen LogP contribution in [0.1, 0.15) is 37.4 Å². The van der Waals surface area contributed by atoms with E-state index >= 15 is 0 Å². The molecule has 1 aliphatic rings. The Labute approximate surface area is 234 Å². The van der Waals surface area contributed by atoms with Crippen molar-refractivity contribution in [1.82, 2.24) is 10.3 Å². The Kier molecular flexibility index (Phi) is 7.33. The number of amides is 1. The van der Waals surface area contributed by atoms with Crippen molar-refractivity contribution < 1.29 is 9.21 Å². The van der Waals surface area contributed by atoms with Crippen LogP contribution in [0.3, 0.4) is 0 Å². The Morgan fingerprint density at radius 3 is 2.59 bits per heavy atom. The molecule has 0 spiro atoms. The lowest BCUT2D eigenvalue weighted by Gasteiger charge is -2.26. The van der Waals surface area contributed by atoms with E-state index in [1.807, 2.05) is 79.4 Å². The molecular weight excluding hydrogens is 572 g/mol. The molecular formula is C28H24BrClN4O2S. The highest BCUT2D eigenvalue weighted by atomic mass is 79.9. The average Bonchev–Trinajstić information content (AvgIpc) is 3.51. The van der Waals surface area contributed by atoms with E-state index in [4.69, 9.17) is 28.2 Å². The highest BCUT2D eigenvalue weighted by Crippen LogP contribution is 2.44. The molecule has 0 unspecified atom stereocenters. The third-order valence-corrected chi connectivity index (χ3v) is 7.31. The number of pyridine rings is 1. The fraction of sp³-hybridized carbons (Fsp3) is 0.179. The summed E-state index contributed by atoms with van der Waals surface area (Å²) < 4.78 is 7.40. The first-order valence-electron chi connectivity index (χ1n) is 11.8. The molecule has 2 aromatic carbocycles. The summed E-state index contributed by atoms with van der Waals surface area (Å²) in [5, 5.41) is 7.24. The lowest BCUT2D eigenvalue weighted by atomic mass is 10.0. The van der Waals surface area contributed by atoms with Gasteiger partial charge >= 0.3 is 0 Å². The number of carbonyl (C=O) groups is 1. The highest BCUT2D eigenvalue weighted by molar-refractivity contribution is 9.10. The summed E-state index contributed by atoms with van der Waals surface area (Å²) in [6, 6.07) is 22.6. The van der Waals surface area contributed by atoms with Crippen LogP contribution in [0.4, 0.5) is 11.4 Å². The quantitative estimate of drug-likeness (QED) is 0.225. The van der Waals surface area contributed by atoms with Crippen molar-refractivity contribution in [2.24, 2.45) is 5.92 Å². The molecule has 1 amide bonds. The fourth-order valence-electron chi connectivity index (χ4n) is 4.24. The van der Waals surface area contributed by atoms with Crippen LogP contribution < -0.4 is 15.5 Å². The van der Waals surface area contributed by atoms with Crippen LogP contribution in [-0.2, 0) is 4.79 Å². The summed E-state index contributed by atoms with van der Waals surface area (Å²) in [7, 11) is 0. The first-order valence-corrected chi connectivity index (χ1v) is 13.4. The van der Waals surface area contributed by atoms with E-state index in [9.17, 15) is 4.79 Å². The van der Waals surface area contributed by atoms with Gasteiger partial charge in [0.15, 0.2) is 5.11 Å². The van der Waals surface area contributed by atoms with E-state index in [1.165, 1.54) is 0 Å². The van der Waals surface area contributed by atoms with Crippen LogP contribution >= 0.6 is 39.7 Å². The molecule has 0 aliphatic carbocycles. The maximum Gasteiger partial charge on any atom is 0.226 e. The summed E-state index contributed by atoms with van der Waals surface area (Å²) in [5.41, 5.74) is 3.13. The monoisotopic (exact) mass is 594 g/mol. The predicted octanol–water partition coefficient (Wildman–Crippen LogP) is 7.53. The second-order valence-corrected chi connectivity index (χ2v) is 10.7. The van der Waals surface area contributed by atoms with Crippen LogP contribution in [0.2, 0.25) is 5.02 Å². The van der Waals surface area contributed by atoms with Crippen LogP contribution in [0, 0.1) is 5.92 Å². The summed E-state index contributed by atoms with van der Waals surface area (Å²) in [4.78, 5) is 18.8. The van der Waals surface area contributed by atoms with Crippen LogP contribution in [0.5, 0.6) is 0 Å². The first-order chi connectivity index (χ1) is 17.8. The molecule has 6 nitrogen and oxygen atoms in total. The van der Waals surface area contributed by atoms with Crippen molar-refractivity contribution in [3.8, 4) is 11.3 Å². The second kappa shape index (κ2) is 10.7. The molecule has 188 valence electrons. The highest BCUT2D eigenvalue weighted by Gasteiger charge is 2.42. The van der Waals surface area contributed by atoms with Crippen molar-refractivity contribution in [3.63, 3.8) is 0 Å². The number of rotatable bonds is 6. The van der Waals surface area contributed by atoms with Crippen molar-refractivity contribution in [2.45, 2.75) is 25.9 Å². The van der Waals surface area contributed by atoms with E-state index in [0.29, 0.717) is 15.8 Å². The minimum absolute atomic E-state index is 0.0999. The van der Waals surface area contributed by atoms with E-state index < -0.39 is 0 Å². The molecule has 4 aromatic rings. The number of carbonyl (C=O) groups excluding carboxylic acids is 1. The molecule has 3 heterocycles. The molecule has 0 radical (unpaired) electrons. The van der Waals surface area contributed by atoms with Gasteiger partial charge in [-0.2, -0.15) is 0 Å².